The van der Waals surface area contributed by atoms with E-state index in [0.29, 0.717) is 51.3 Å². The van der Waals surface area contributed by atoms with Gasteiger partial charge in [-0.1, -0.05) is 17.7 Å². The Balaban J connectivity index is 1.54. The molecule has 142 valence electrons. The van der Waals surface area contributed by atoms with Crippen molar-refractivity contribution in [2.24, 2.45) is 0 Å². The maximum atomic E-state index is 13.0. The molecule has 28 heavy (non-hydrogen) atoms. The summed E-state index contributed by atoms with van der Waals surface area (Å²) in [6.45, 7) is 0. The van der Waals surface area contributed by atoms with Crippen molar-refractivity contribution in [3.05, 3.63) is 62.4 Å². The first kappa shape index (κ1) is 17.9. The number of imide groups is 1. The smallest absolute Gasteiger partial charge is 0.261 e. The maximum Gasteiger partial charge on any atom is 0.261 e. The van der Waals surface area contributed by atoms with Gasteiger partial charge >= 0.3 is 0 Å². The number of hydrogen-bond acceptors (Lipinski definition) is 4. The van der Waals surface area contributed by atoms with Gasteiger partial charge in [0.1, 0.15) is 11.9 Å². The van der Waals surface area contributed by atoms with Crippen LogP contribution >= 0.6 is 27.5 Å². The highest BCUT2D eigenvalue weighted by molar-refractivity contribution is 9.10. The van der Waals surface area contributed by atoms with Gasteiger partial charge in [0.15, 0.2) is 0 Å². The average molecular weight is 460 g/mol. The lowest BCUT2D eigenvalue weighted by molar-refractivity contribution is -0.120. The third-order valence-electron chi connectivity index (χ3n) is 5.54. The van der Waals surface area contributed by atoms with Crippen LogP contribution in [0.1, 0.15) is 43.0 Å². The van der Waals surface area contributed by atoms with Gasteiger partial charge in [0.25, 0.3) is 11.8 Å². The molecule has 5 nitrogen and oxygen atoms in total. The first-order valence-electron chi connectivity index (χ1n) is 9.25. The second-order valence-corrected chi connectivity index (χ2v) is 8.41. The predicted octanol–water partition coefficient (Wildman–Crippen LogP) is 4.92. The summed E-state index contributed by atoms with van der Waals surface area (Å²) in [6.07, 6.45) is 5.20. The molecule has 0 spiro atoms. The van der Waals surface area contributed by atoms with Gasteiger partial charge in [-0.3, -0.25) is 14.6 Å². The molecule has 1 atom stereocenters. The Labute approximate surface area is 175 Å². The van der Waals surface area contributed by atoms with E-state index in [9.17, 15) is 9.59 Å². The fraction of sp³-hybridized carbons (Fsp3) is 0.286. The fourth-order valence-corrected chi connectivity index (χ4v) is 5.24. The van der Waals surface area contributed by atoms with E-state index in [0.717, 1.165) is 24.1 Å². The summed E-state index contributed by atoms with van der Waals surface area (Å²) in [4.78, 5) is 31.5. The number of ether oxygens (including phenoxy) is 1. The quantitative estimate of drug-likeness (QED) is 0.598. The van der Waals surface area contributed by atoms with Crippen molar-refractivity contribution in [3.63, 3.8) is 0 Å². The molecule has 3 aliphatic rings. The van der Waals surface area contributed by atoms with Crippen molar-refractivity contribution in [1.29, 1.82) is 0 Å². The van der Waals surface area contributed by atoms with Crippen LogP contribution in [0.5, 0.6) is 5.75 Å². The van der Waals surface area contributed by atoms with Crippen molar-refractivity contribution in [3.8, 4) is 5.75 Å². The normalized spacial score (nSPS) is 21.1. The summed E-state index contributed by atoms with van der Waals surface area (Å²) < 4.78 is 6.61. The van der Waals surface area contributed by atoms with E-state index >= 15 is 0 Å². The minimum atomic E-state index is -0.248. The van der Waals surface area contributed by atoms with Crippen LogP contribution in [0.3, 0.4) is 0 Å². The lowest BCUT2D eigenvalue weighted by Gasteiger charge is -2.20. The largest absolute Gasteiger partial charge is 0.483 e. The van der Waals surface area contributed by atoms with E-state index in [2.05, 4.69) is 20.9 Å². The molecule has 1 aromatic carbocycles. The number of carbonyl (C=O) groups is 2. The molecule has 0 fully saturated rings. The first-order valence-corrected chi connectivity index (χ1v) is 10.4. The average Bonchev–Trinajstić information content (AvgIpc) is 3.24. The molecule has 0 radical (unpaired) electrons. The van der Waals surface area contributed by atoms with Gasteiger partial charge in [-0.2, -0.15) is 0 Å². The molecule has 1 aliphatic carbocycles. The summed E-state index contributed by atoms with van der Waals surface area (Å²) >= 11 is 10.2. The highest BCUT2D eigenvalue weighted by Crippen LogP contribution is 2.49. The van der Waals surface area contributed by atoms with Gasteiger partial charge in [0.05, 0.1) is 16.4 Å². The molecule has 7 heteroatoms. The van der Waals surface area contributed by atoms with Crippen molar-refractivity contribution in [2.45, 2.75) is 38.2 Å². The second kappa shape index (κ2) is 6.71. The Morgan fingerprint density at radius 1 is 1.14 bits per heavy atom. The Kier molecular flexibility index (Phi) is 4.29. The van der Waals surface area contributed by atoms with Gasteiger partial charge in [0.2, 0.25) is 0 Å². The number of nitrogens with zero attached hydrogens (tertiary/aromatic N) is 2. The topological polar surface area (TPSA) is 59.5 Å². The molecular weight excluding hydrogens is 444 g/mol. The van der Waals surface area contributed by atoms with Crippen LogP contribution < -0.4 is 9.64 Å². The summed E-state index contributed by atoms with van der Waals surface area (Å²) in [5, 5.41) is 0.379. The van der Waals surface area contributed by atoms with Crippen LogP contribution in [0.4, 0.5) is 5.69 Å². The van der Waals surface area contributed by atoms with E-state index < -0.39 is 0 Å². The number of anilines is 1. The number of hydrogen-bond donors (Lipinski definition) is 0. The highest BCUT2D eigenvalue weighted by Gasteiger charge is 2.42. The zero-order valence-electron chi connectivity index (χ0n) is 14.9. The lowest BCUT2D eigenvalue weighted by atomic mass is 9.93. The highest BCUT2D eigenvalue weighted by atomic mass is 79.9. The molecule has 3 heterocycles. The van der Waals surface area contributed by atoms with Crippen molar-refractivity contribution >= 4 is 45.0 Å². The molecular formula is C21H16BrClN2O3. The van der Waals surface area contributed by atoms with Gasteiger partial charge in [-0.05, 0) is 59.8 Å². The van der Waals surface area contributed by atoms with E-state index in [1.165, 1.54) is 4.90 Å². The van der Waals surface area contributed by atoms with Gasteiger partial charge < -0.3 is 4.74 Å². The van der Waals surface area contributed by atoms with Crippen molar-refractivity contribution in [1.82, 2.24) is 4.98 Å². The molecule has 2 aliphatic heterocycles. The number of benzene rings is 1. The zero-order chi connectivity index (χ0) is 19.4. The Hall–Kier alpha value is -2.18. The number of aromatic nitrogens is 1. The van der Waals surface area contributed by atoms with Gasteiger partial charge in [-0.25, -0.2) is 4.90 Å². The number of carbonyl (C=O) groups excluding carboxylic acids is 2. The standard InChI is InChI=1S/C21H16BrClN2O3/c22-14-10-16-13(9-17(28-16)15-7-3-4-8-24-15)18(23)19(14)25-20(26)11-5-1-2-6-12(11)21(25)27/h3-4,7-8,10,17H,1-2,5-6,9H2. The molecule has 2 aromatic rings. The first-order chi connectivity index (χ1) is 13.6. The Morgan fingerprint density at radius 2 is 1.86 bits per heavy atom. The Bertz CT molecular complexity index is 1020. The van der Waals surface area contributed by atoms with Crippen molar-refractivity contribution in [2.75, 3.05) is 4.90 Å². The molecule has 2 amide bonds. The number of pyridine rings is 1. The molecule has 5 rings (SSSR count). The summed E-state index contributed by atoms with van der Waals surface area (Å²) in [5.74, 6) is 0.151. The number of halogens is 2. The fourth-order valence-electron chi connectivity index (χ4n) is 4.18. The summed E-state index contributed by atoms with van der Waals surface area (Å²) in [6, 6.07) is 7.46. The molecule has 1 unspecified atom stereocenters. The van der Waals surface area contributed by atoms with Crippen LogP contribution in [0.2, 0.25) is 5.02 Å². The second-order valence-electron chi connectivity index (χ2n) is 7.17. The molecule has 0 saturated carbocycles. The van der Waals surface area contributed by atoms with E-state index in [1.54, 1.807) is 12.3 Å². The third-order valence-corrected chi connectivity index (χ3v) is 6.56. The minimum absolute atomic E-state index is 0.243. The van der Waals surface area contributed by atoms with Crippen LogP contribution in [-0.4, -0.2) is 16.8 Å². The number of rotatable bonds is 2. The zero-order valence-corrected chi connectivity index (χ0v) is 17.2. The number of amides is 2. The molecule has 0 saturated heterocycles. The van der Waals surface area contributed by atoms with E-state index in [1.807, 2.05) is 18.2 Å². The third kappa shape index (κ3) is 2.62. The molecule has 0 N–H and O–H groups in total. The van der Waals surface area contributed by atoms with E-state index in [4.69, 9.17) is 16.3 Å². The van der Waals surface area contributed by atoms with Crippen LogP contribution in [0.15, 0.2) is 46.1 Å². The predicted molar refractivity (Wildman–Crippen MR) is 108 cm³/mol. The Morgan fingerprint density at radius 3 is 2.50 bits per heavy atom. The summed E-state index contributed by atoms with van der Waals surface area (Å²) in [5.41, 5.74) is 3.30. The van der Waals surface area contributed by atoms with Crippen LogP contribution in [0, 0.1) is 0 Å². The molecule has 1 aromatic heterocycles. The SMILES string of the molecule is O=C1C2=C(CCCC2)C(=O)N1c1c(Br)cc2c(c1Cl)CC(c1ccccn1)O2. The monoisotopic (exact) mass is 458 g/mol. The van der Waals surface area contributed by atoms with Gasteiger partial charge in [0, 0.05) is 33.8 Å². The molecule has 0 bridgehead atoms. The van der Waals surface area contributed by atoms with Crippen LogP contribution in [-0.2, 0) is 16.0 Å². The number of fused-ring (bicyclic) bond motifs is 1. The maximum absolute atomic E-state index is 13.0. The van der Waals surface area contributed by atoms with Crippen molar-refractivity contribution < 1.29 is 14.3 Å². The van der Waals surface area contributed by atoms with E-state index in [-0.39, 0.29) is 17.9 Å². The lowest BCUT2D eigenvalue weighted by Crippen LogP contribution is -2.32. The minimum Gasteiger partial charge on any atom is -0.483 e. The van der Waals surface area contributed by atoms with Crippen LogP contribution in [0.25, 0.3) is 0 Å². The van der Waals surface area contributed by atoms with Gasteiger partial charge in [-0.15, -0.1) is 0 Å². The summed E-state index contributed by atoms with van der Waals surface area (Å²) in [7, 11) is 0.